The smallest absolute Gasteiger partial charge is 0.273 e. The Balaban J connectivity index is 2.01. The van der Waals surface area contributed by atoms with Crippen LogP contribution in [0.15, 0.2) is 16.6 Å². The summed E-state index contributed by atoms with van der Waals surface area (Å²) in [5, 5.41) is 17.1. The van der Waals surface area contributed by atoms with E-state index in [2.05, 4.69) is 26.6 Å². The average Bonchev–Trinajstić information content (AvgIpc) is 2.48. The summed E-state index contributed by atoms with van der Waals surface area (Å²) in [6.45, 7) is 4.89. The first-order valence-corrected chi connectivity index (χ1v) is 7.45. The molecule has 1 aromatic carbocycles. The number of piperazine rings is 1. The maximum Gasteiger partial charge on any atom is 0.273 e. The second-order valence-electron chi connectivity index (χ2n) is 4.86. The fourth-order valence-corrected chi connectivity index (χ4v) is 2.67. The van der Waals surface area contributed by atoms with Crippen LogP contribution in [0.3, 0.4) is 0 Å². The number of hydrogen-bond donors (Lipinski definition) is 2. The molecule has 1 amide bonds. The number of nitro groups is 1. The summed E-state index contributed by atoms with van der Waals surface area (Å²) in [6, 6.07) is 3.13. The molecule has 0 radical (unpaired) electrons. The molecule has 1 heterocycles. The van der Waals surface area contributed by atoms with Crippen molar-refractivity contribution in [1.82, 2.24) is 10.2 Å². The number of nitrogens with zero attached hydrogens (tertiary/aromatic N) is 2. The Morgan fingerprint density at radius 3 is 2.76 bits per heavy atom. The lowest BCUT2D eigenvalue weighted by Gasteiger charge is -2.27. The molecule has 1 aliphatic heterocycles. The van der Waals surface area contributed by atoms with E-state index in [1.165, 1.54) is 6.07 Å². The SMILES string of the molecule is Cc1cc(NCC(=O)N2CCNCC2)c(Br)cc1[N+](=O)[O-]. The van der Waals surface area contributed by atoms with Gasteiger partial charge in [0.1, 0.15) is 0 Å². The standard InChI is InChI=1S/C13H17BrN4O3/c1-9-6-11(10(14)7-12(9)18(20)21)16-8-13(19)17-4-2-15-3-5-17/h6-7,15-16H,2-5,8H2,1H3. The molecule has 2 rings (SSSR count). The topological polar surface area (TPSA) is 87.5 Å². The van der Waals surface area contributed by atoms with Crippen LogP contribution in [0, 0.1) is 17.0 Å². The summed E-state index contributed by atoms with van der Waals surface area (Å²) < 4.78 is 0.577. The molecule has 0 saturated carbocycles. The van der Waals surface area contributed by atoms with Crippen LogP contribution in [0.4, 0.5) is 11.4 Å². The molecule has 7 nitrogen and oxygen atoms in total. The molecule has 1 fully saturated rings. The molecular formula is C13H17BrN4O3. The zero-order valence-corrected chi connectivity index (χ0v) is 13.3. The lowest BCUT2D eigenvalue weighted by atomic mass is 10.2. The van der Waals surface area contributed by atoms with Gasteiger partial charge in [0, 0.05) is 48.0 Å². The van der Waals surface area contributed by atoms with Crippen LogP contribution in [0.25, 0.3) is 0 Å². The molecule has 0 aromatic heterocycles. The van der Waals surface area contributed by atoms with Crippen LogP contribution in [0.5, 0.6) is 0 Å². The third-order valence-corrected chi connectivity index (χ3v) is 4.04. The van der Waals surface area contributed by atoms with Crippen LogP contribution >= 0.6 is 15.9 Å². The fraction of sp³-hybridized carbons (Fsp3) is 0.462. The van der Waals surface area contributed by atoms with Crippen molar-refractivity contribution in [3.63, 3.8) is 0 Å². The van der Waals surface area contributed by atoms with E-state index in [4.69, 9.17) is 0 Å². The van der Waals surface area contributed by atoms with Gasteiger partial charge in [0.05, 0.1) is 11.5 Å². The first-order chi connectivity index (χ1) is 9.99. The predicted molar refractivity (Wildman–Crippen MR) is 83.5 cm³/mol. The molecule has 2 N–H and O–H groups in total. The third kappa shape index (κ3) is 3.92. The number of rotatable bonds is 4. The number of carbonyl (C=O) groups is 1. The van der Waals surface area contributed by atoms with Crippen LogP contribution in [-0.2, 0) is 4.79 Å². The van der Waals surface area contributed by atoms with Gasteiger partial charge in [0.25, 0.3) is 5.69 Å². The van der Waals surface area contributed by atoms with E-state index in [0.29, 0.717) is 28.8 Å². The Morgan fingerprint density at radius 2 is 2.14 bits per heavy atom. The van der Waals surface area contributed by atoms with Gasteiger partial charge in [0.15, 0.2) is 0 Å². The molecule has 8 heteroatoms. The zero-order chi connectivity index (χ0) is 15.4. The lowest BCUT2D eigenvalue weighted by molar-refractivity contribution is -0.385. The van der Waals surface area contributed by atoms with E-state index >= 15 is 0 Å². The third-order valence-electron chi connectivity index (χ3n) is 3.38. The van der Waals surface area contributed by atoms with Crippen LogP contribution in [0.2, 0.25) is 0 Å². The molecule has 0 spiro atoms. The van der Waals surface area contributed by atoms with Gasteiger partial charge in [0.2, 0.25) is 5.91 Å². The van der Waals surface area contributed by atoms with Crippen molar-refractivity contribution in [2.45, 2.75) is 6.92 Å². The van der Waals surface area contributed by atoms with E-state index in [0.717, 1.165) is 13.1 Å². The van der Waals surface area contributed by atoms with Gasteiger partial charge >= 0.3 is 0 Å². The summed E-state index contributed by atoms with van der Waals surface area (Å²) in [5.74, 6) is 0.0272. The summed E-state index contributed by atoms with van der Waals surface area (Å²) in [4.78, 5) is 24.3. The van der Waals surface area contributed by atoms with Gasteiger partial charge in [-0.05, 0) is 28.9 Å². The lowest BCUT2D eigenvalue weighted by Crippen LogP contribution is -2.48. The number of benzene rings is 1. The summed E-state index contributed by atoms with van der Waals surface area (Å²) in [5.41, 5.74) is 1.29. The molecule has 1 saturated heterocycles. The van der Waals surface area contributed by atoms with Gasteiger partial charge in [-0.15, -0.1) is 0 Å². The maximum absolute atomic E-state index is 12.1. The molecule has 0 atom stereocenters. The van der Waals surface area contributed by atoms with Crippen molar-refractivity contribution < 1.29 is 9.72 Å². The maximum atomic E-state index is 12.1. The van der Waals surface area contributed by atoms with Crippen molar-refractivity contribution in [2.75, 3.05) is 38.0 Å². The Labute approximate surface area is 131 Å². The first kappa shape index (κ1) is 15.7. The quantitative estimate of drug-likeness (QED) is 0.630. The van der Waals surface area contributed by atoms with Gasteiger partial charge in [-0.2, -0.15) is 0 Å². The van der Waals surface area contributed by atoms with E-state index in [1.807, 2.05) is 0 Å². The minimum absolute atomic E-state index is 0.0272. The number of halogens is 1. The predicted octanol–water partition coefficient (Wildman–Crippen LogP) is 1.51. The van der Waals surface area contributed by atoms with Crippen molar-refractivity contribution >= 4 is 33.2 Å². The number of nitrogens with one attached hydrogen (secondary N) is 2. The summed E-state index contributed by atoms with van der Waals surface area (Å²) in [6.07, 6.45) is 0. The number of hydrogen-bond acceptors (Lipinski definition) is 5. The van der Waals surface area contributed by atoms with Crippen LogP contribution in [-0.4, -0.2) is 48.5 Å². The highest BCUT2D eigenvalue weighted by molar-refractivity contribution is 9.10. The highest BCUT2D eigenvalue weighted by atomic mass is 79.9. The number of anilines is 1. The van der Waals surface area contributed by atoms with E-state index in [1.54, 1.807) is 17.9 Å². The number of amides is 1. The molecular weight excluding hydrogens is 340 g/mol. The molecule has 1 aromatic rings. The second-order valence-corrected chi connectivity index (χ2v) is 5.71. The monoisotopic (exact) mass is 356 g/mol. The van der Waals surface area contributed by atoms with E-state index < -0.39 is 4.92 Å². The Hall–Kier alpha value is -1.67. The second kappa shape index (κ2) is 6.86. The molecule has 0 aliphatic carbocycles. The largest absolute Gasteiger partial charge is 0.375 e. The number of carbonyl (C=O) groups excluding carboxylic acids is 1. The zero-order valence-electron chi connectivity index (χ0n) is 11.7. The van der Waals surface area contributed by atoms with Crippen molar-refractivity contribution in [3.8, 4) is 0 Å². The Morgan fingerprint density at radius 1 is 1.48 bits per heavy atom. The molecule has 114 valence electrons. The van der Waals surface area contributed by atoms with Crippen molar-refractivity contribution in [1.29, 1.82) is 0 Å². The number of nitro benzene ring substituents is 1. The van der Waals surface area contributed by atoms with Crippen LogP contribution < -0.4 is 10.6 Å². The van der Waals surface area contributed by atoms with E-state index in [-0.39, 0.29) is 18.1 Å². The van der Waals surface area contributed by atoms with Gasteiger partial charge < -0.3 is 15.5 Å². The summed E-state index contributed by atoms with van der Waals surface area (Å²) in [7, 11) is 0. The first-order valence-electron chi connectivity index (χ1n) is 6.66. The molecule has 0 unspecified atom stereocenters. The molecule has 0 bridgehead atoms. The van der Waals surface area contributed by atoms with Gasteiger partial charge in [-0.1, -0.05) is 0 Å². The van der Waals surface area contributed by atoms with Crippen molar-refractivity contribution in [3.05, 3.63) is 32.3 Å². The fourth-order valence-electron chi connectivity index (χ4n) is 2.20. The highest BCUT2D eigenvalue weighted by Gasteiger charge is 2.17. The molecule has 21 heavy (non-hydrogen) atoms. The minimum atomic E-state index is -0.421. The van der Waals surface area contributed by atoms with Crippen molar-refractivity contribution in [2.24, 2.45) is 0 Å². The van der Waals surface area contributed by atoms with Crippen LogP contribution in [0.1, 0.15) is 5.56 Å². The summed E-state index contributed by atoms with van der Waals surface area (Å²) >= 11 is 3.29. The molecule has 1 aliphatic rings. The van der Waals surface area contributed by atoms with E-state index in [9.17, 15) is 14.9 Å². The van der Waals surface area contributed by atoms with Gasteiger partial charge in [-0.25, -0.2) is 0 Å². The van der Waals surface area contributed by atoms with Gasteiger partial charge in [-0.3, -0.25) is 14.9 Å². The Kier molecular flexibility index (Phi) is 5.13. The Bertz CT molecular complexity index is 559. The minimum Gasteiger partial charge on any atom is -0.375 e. The highest BCUT2D eigenvalue weighted by Crippen LogP contribution is 2.30. The number of aryl methyl sites for hydroxylation is 1. The average molecular weight is 357 g/mol. The normalized spacial score (nSPS) is 14.9.